The molecule has 0 bridgehead atoms. The highest BCUT2D eigenvalue weighted by Crippen LogP contribution is 2.18. The second-order valence-electron chi connectivity index (χ2n) is 4.52. The Morgan fingerprint density at radius 3 is 2.42 bits per heavy atom. The van der Waals surface area contributed by atoms with Gasteiger partial charge in [0.05, 0.1) is 5.69 Å². The number of carbonyl (C=O) groups is 2. The number of rotatable bonds is 4. The number of amides is 2. The molecular weight excluding hydrogens is 251 g/mol. The minimum absolute atomic E-state index is 0.0205. The summed E-state index contributed by atoms with van der Waals surface area (Å²) < 4.78 is 13.4. The van der Waals surface area contributed by atoms with Crippen LogP contribution in [0.3, 0.4) is 0 Å². The molecule has 6 heteroatoms. The molecule has 0 radical (unpaired) electrons. The van der Waals surface area contributed by atoms with E-state index in [1.807, 2.05) is 0 Å². The molecule has 5 nitrogen and oxygen atoms in total. The summed E-state index contributed by atoms with van der Waals surface area (Å²) in [6, 6.07) is 5.06. The Morgan fingerprint density at radius 2 is 1.95 bits per heavy atom. The van der Waals surface area contributed by atoms with E-state index in [0.29, 0.717) is 0 Å². The van der Waals surface area contributed by atoms with Gasteiger partial charge in [-0.05, 0) is 32.9 Å². The van der Waals surface area contributed by atoms with Crippen molar-refractivity contribution in [2.45, 2.75) is 26.3 Å². The number of nitrogens with one attached hydrogen (secondary N) is 1. The monoisotopic (exact) mass is 268 g/mol. The van der Waals surface area contributed by atoms with Crippen LogP contribution in [0.15, 0.2) is 24.3 Å². The molecule has 1 aromatic rings. The van der Waals surface area contributed by atoms with Crippen molar-refractivity contribution in [2.24, 2.45) is 0 Å². The summed E-state index contributed by atoms with van der Waals surface area (Å²) in [5.41, 5.74) is -1.35. The highest BCUT2D eigenvalue weighted by Gasteiger charge is 2.37. The number of nitrogens with zero attached hydrogens (tertiary/aromatic N) is 1. The van der Waals surface area contributed by atoms with Crippen molar-refractivity contribution in [3.8, 4) is 0 Å². The number of aliphatic carboxylic acids is 1. The number of hydrogen-bond donors (Lipinski definition) is 2. The van der Waals surface area contributed by atoms with Crippen molar-refractivity contribution in [2.75, 3.05) is 11.9 Å². The van der Waals surface area contributed by atoms with E-state index in [9.17, 15) is 14.0 Å². The Hall–Kier alpha value is -2.11. The van der Waals surface area contributed by atoms with E-state index in [1.165, 1.54) is 32.0 Å². The molecule has 19 heavy (non-hydrogen) atoms. The topological polar surface area (TPSA) is 69.6 Å². The lowest BCUT2D eigenvalue weighted by Gasteiger charge is -2.34. The quantitative estimate of drug-likeness (QED) is 0.881. The Labute approximate surface area is 111 Å². The largest absolute Gasteiger partial charge is 0.480 e. The summed E-state index contributed by atoms with van der Waals surface area (Å²) in [7, 11) is 0. The number of benzene rings is 1. The summed E-state index contributed by atoms with van der Waals surface area (Å²) in [5.74, 6) is -1.70. The fourth-order valence-corrected chi connectivity index (χ4v) is 1.65. The molecule has 0 aliphatic carbocycles. The lowest BCUT2D eigenvalue weighted by molar-refractivity contribution is -0.147. The van der Waals surface area contributed by atoms with Crippen LogP contribution in [-0.4, -0.2) is 34.1 Å². The number of likely N-dealkylation sites (N-methyl/N-ethyl adjacent to an activating group) is 1. The number of carboxylic acids is 1. The van der Waals surface area contributed by atoms with Gasteiger partial charge in [0.2, 0.25) is 0 Å². The SMILES string of the molecule is CCN(C(=O)Nc1ccccc1F)C(C)(C)C(=O)O. The average Bonchev–Trinajstić information content (AvgIpc) is 2.32. The highest BCUT2D eigenvalue weighted by molar-refractivity contribution is 5.93. The van der Waals surface area contributed by atoms with Crippen molar-refractivity contribution in [3.63, 3.8) is 0 Å². The third kappa shape index (κ3) is 3.21. The van der Waals surface area contributed by atoms with Crippen LogP contribution in [-0.2, 0) is 4.79 Å². The minimum atomic E-state index is -1.37. The standard InChI is InChI=1S/C13H17FN2O3/c1-4-16(13(2,3)11(17)18)12(19)15-10-8-6-5-7-9(10)14/h5-8H,4H2,1-3H3,(H,15,19)(H,17,18). The molecule has 0 heterocycles. The Kier molecular flexibility index (Phi) is 4.47. The third-order valence-corrected chi connectivity index (χ3v) is 2.88. The maximum Gasteiger partial charge on any atom is 0.329 e. The van der Waals surface area contributed by atoms with E-state index < -0.39 is 23.4 Å². The molecule has 0 aromatic heterocycles. The highest BCUT2D eigenvalue weighted by atomic mass is 19.1. The van der Waals surface area contributed by atoms with Crippen LogP contribution in [0.1, 0.15) is 20.8 Å². The lowest BCUT2D eigenvalue weighted by atomic mass is 10.0. The molecule has 0 aliphatic heterocycles. The number of para-hydroxylation sites is 1. The van der Waals surface area contributed by atoms with Crippen molar-refractivity contribution < 1.29 is 19.1 Å². The molecular formula is C13H17FN2O3. The molecule has 0 atom stereocenters. The maximum absolute atomic E-state index is 13.4. The van der Waals surface area contributed by atoms with Crippen molar-refractivity contribution in [1.82, 2.24) is 4.90 Å². The summed E-state index contributed by atoms with van der Waals surface area (Å²) in [5, 5.41) is 11.5. The van der Waals surface area contributed by atoms with Gasteiger partial charge in [-0.15, -0.1) is 0 Å². The molecule has 2 amide bonds. The van der Waals surface area contributed by atoms with Gasteiger partial charge in [-0.2, -0.15) is 0 Å². The summed E-state index contributed by atoms with van der Waals surface area (Å²) >= 11 is 0. The van der Waals surface area contributed by atoms with Crippen LogP contribution in [0.4, 0.5) is 14.9 Å². The number of hydrogen-bond acceptors (Lipinski definition) is 2. The van der Waals surface area contributed by atoms with E-state index in [4.69, 9.17) is 5.11 Å². The van der Waals surface area contributed by atoms with Gasteiger partial charge in [-0.1, -0.05) is 12.1 Å². The van der Waals surface area contributed by atoms with Gasteiger partial charge in [0.1, 0.15) is 11.4 Å². The van der Waals surface area contributed by atoms with E-state index >= 15 is 0 Å². The molecule has 0 saturated carbocycles. The third-order valence-electron chi connectivity index (χ3n) is 2.88. The predicted octanol–water partition coefficient (Wildman–Crippen LogP) is 2.54. The fourth-order valence-electron chi connectivity index (χ4n) is 1.65. The first-order valence-electron chi connectivity index (χ1n) is 5.87. The van der Waals surface area contributed by atoms with Gasteiger partial charge in [0.15, 0.2) is 0 Å². The smallest absolute Gasteiger partial charge is 0.329 e. The van der Waals surface area contributed by atoms with Crippen LogP contribution in [0, 0.1) is 5.82 Å². The predicted molar refractivity (Wildman–Crippen MR) is 69.5 cm³/mol. The van der Waals surface area contributed by atoms with Crippen LogP contribution < -0.4 is 5.32 Å². The second kappa shape index (κ2) is 5.69. The van der Waals surface area contributed by atoms with Crippen molar-refractivity contribution in [1.29, 1.82) is 0 Å². The van der Waals surface area contributed by atoms with Crippen LogP contribution in [0.5, 0.6) is 0 Å². The van der Waals surface area contributed by atoms with Gasteiger partial charge in [-0.25, -0.2) is 14.0 Å². The van der Waals surface area contributed by atoms with Crippen molar-refractivity contribution in [3.05, 3.63) is 30.1 Å². The molecule has 0 fully saturated rings. The van der Waals surface area contributed by atoms with Gasteiger partial charge in [0.25, 0.3) is 0 Å². The van der Waals surface area contributed by atoms with Crippen LogP contribution in [0.2, 0.25) is 0 Å². The van der Waals surface area contributed by atoms with Gasteiger partial charge in [0, 0.05) is 6.54 Å². The first-order chi connectivity index (χ1) is 8.80. The summed E-state index contributed by atoms with van der Waals surface area (Å²) in [4.78, 5) is 24.3. The summed E-state index contributed by atoms with van der Waals surface area (Å²) in [6.45, 7) is 4.69. The van der Waals surface area contributed by atoms with E-state index in [2.05, 4.69) is 5.32 Å². The molecule has 0 unspecified atom stereocenters. The van der Waals surface area contributed by atoms with Crippen molar-refractivity contribution >= 4 is 17.7 Å². The number of urea groups is 1. The van der Waals surface area contributed by atoms with Gasteiger partial charge in [-0.3, -0.25) is 0 Å². The molecule has 1 rings (SSSR count). The van der Waals surface area contributed by atoms with Gasteiger partial charge >= 0.3 is 12.0 Å². The number of carbonyl (C=O) groups excluding carboxylic acids is 1. The van der Waals surface area contributed by atoms with E-state index in [0.717, 1.165) is 4.90 Å². The average molecular weight is 268 g/mol. The normalized spacial score (nSPS) is 10.9. The lowest BCUT2D eigenvalue weighted by Crippen LogP contribution is -2.54. The zero-order valence-electron chi connectivity index (χ0n) is 11.1. The summed E-state index contributed by atoms with van der Waals surface area (Å²) in [6.07, 6.45) is 0. The number of carboxylic acid groups (broad SMARTS) is 1. The molecule has 0 saturated heterocycles. The molecule has 2 N–H and O–H groups in total. The van der Waals surface area contributed by atoms with Crippen LogP contribution >= 0.6 is 0 Å². The molecule has 0 spiro atoms. The first-order valence-corrected chi connectivity index (χ1v) is 5.87. The number of anilines is 1. The maximum atomic E-state index is 13.4. The number of halogens is 1. The Morgan fingerprint density at radius 1 is 1.37 bits per heavy atom. The molecule has 104 valence electrons. The molecule has 1 aromatic carbocycles. The Balaban J connectivity index is 2.93. The Bertz CT molecular complexity index is 489. The minimum Gasteiger partial charge on any atom is -0.480 e. The molecule has 0 aliphatic rings. The van der Waals surface area contributed by atoms with E-state index in [-0.39, 0.29) is 12.2 Å². The second-order valence-corrected chi connectivity index (χ2v) is 4.52. The van der Waals surface area contributed by atoms with E-state index in [1.54, 1.807) is 13.0 Å². The zero-order chi connectivity index (χ0) is 14.6. The zero-order valence-corrected chi connectivity index (χ0v) is 11.1. The fraction of sp³-hybridized carbons (Fsp3) is 0.385. The van der Waals surface area contributed by atoms with Gasteiger partial charge < -0.3 is 15.3 Å². The first kappa shape index (κ1) is 14.9. The van der Waals surface area contributed by atoms with Crippen LogP contribution in [0.25, 0.3) is 0 Å².